The van der Waals surface area contributed by atoms with Crippen molar-refractivity contribution in [1.82, 2.24) is 15.2 Å². The SMILES string of the molecule is CCC1NC(=O)C(C)(C2CC2)N(Cc2csc(C)n2)C1=O. The number of carbonyl (C=O) groups excluding carboxylic acids is 2. The fourth-order valence-corrected chi connectivity index (χ4v) is 3.72. The molecule has 0 spiro atoms. The number of aryl methyl sites for hydroxylation is 1. The highest BCUT2D eigenvalue weighted by Gasteiger charge is 2.56. The molecule has 2 atom stereocenters. The zero-order valence-electron chi connectivity index (χ0n) is 12.7. The Hall–Kier alpha value is -1.43. The third kappa shape index (κ3) is 2.35. The molecule has 0 bridgehead atoms. The van der Waals surface area contributed by atoms with Crippen LogP contribution < -0.4 is 5.32 Å². The number of carbonyl (C=O) groups is 2. The lowest BCUT2D eigenvalue weighted by molar-refractivity contribution is -0.159. The van der Waals surface area contributed by atoms with Crippen LogP contribution in [0.2, 0.25) is 0 Å². The summed E-state index contributed by atoms with van der Waals surface area (Å²) in [5.74, 6) is 0.291. The van der Waals surface area contributed by atoms with Gasteiger partial charge in [0.2, 0.25) is 11.8 Å². The molecule has 1 aliphatic carbocycles. The molecule has 0 radical (unpaired) electrons. The molecule has 2 unspecified atom stereocenters. The van der Waals surface area contributed by atoms with Gasteiger partial charge in [0.05, 0.1) is 17.2 Å². The molecule has 3 rings (SSSR count). The Labute approximate surface area is 128 Å². The molecule has 1 saturated heterocycles. The van der Waals surface area contributed by atoms with Crippen LogP contribution >= 0.6 is 11.3 Å². The van der Waals surface area contributed by atoms with Crippen LogP contribution in [0, 0.1) is 12.8 Å². The highest BCUT2D eigenvalue weighted by atomic mass is 32.1. The molecule has 0 aromatic carbocycles. The van der Waals surface area contributed by atoms with E-state index in [4.69, 9.17) is 0 Å². The lowest BCUT2D eigenvalue weighted by Gasteiger charge is -2.46. The second kappa shape index (κ2) is 5.09. The van der Waals surface area contributed by atoms with E-state index in [1.54, 1.807) is 16.2 Å². The predicted molar refractivity (Wildman–Crippen MR) is 80.8 cm³/mol. The van der Waals surface area contributed by atoms with Gasteiger partial charge in [-0.1, -0.05) is 6.92 Å². The van der Waals surface area contributed by atoms with Crippen LogP contribution in [-0.4, -0.2) is 33.3 Å². The molecule has 2 aliphatic rings. The molecule has 1 aromatic heterocycles. The average molecular weight is 307 g/mol. The molecule has 1 aromatic rings. The first-order valence-corrected chi connectivity index (χ1v) is 8.38. The van der Waals surface area contributed by atoms with Crippen molar-refractivity contribution in [2.75, 3.05) is 0 Å². The van der Waals surface area contributed by atoms with Crippen LogP contribution in [0.3, 0.4) is 0 Å². The number of hydrogen-bond donors (Lipinski definition) is 1. The molecule has 114 valence electrons. The summed E-state index contributed by atoms with van der Waals surface area (Å²) >= 11 is 1.58. The van der Waals surface area contributed by atoms with Crippen molar-refractivity contribution in [2.24, 2.45) is 5.92 Å². The maximum Gasteiger partial charge on any atom is 0.246 e. The van der Waals surface area contributed by atoms with E-state index in [0.717, 1.165) is 23.5 Å². The van der Waals surface area contributed by atoms with E-state index in [1.165, 1.54) is 0 Å². The summed E-state index contributed by atoms with van der Waals surface area (Å²) in [7, 11) is 0. The first-order chi connectivity index (χ1) is 9.96. The van der Waals surface area contributed by atoms with E-state index in [1.807, 2.05) is 26.2 Å². The van der Waals surface area contributed by atoms with Crippen molar-refractivity contribution in [3.63, 3.8) is 0 Å². The second-order valence-corrected chi connectivity index (χ2v) is 7.20. The summed E-state index contributed by atoms with van der Waals surface area (Å²) in [5.41, 5.74) is 0.155. The average Bonchev–Trinajstić information content (AvgIpc) is 3.23. The summed E-state index contributed by atoms with van der Waals surface area (Å²) in [6.45, 7) is 6.21. The molecule has 2 fully saturated rings. The summed E-state index contributed by atoms with van der Waals surface area (Å²) in [6, 6.07) is -0.399. The quantitative estimate of drug-likeness (QED) is 0.923. The molecule has 2 amide bonds. The molecular weight excluding hydrogens is 286 g/mol. The van der Waals surface area contributed by atoms with E-state index >= 15 is 0 Å². The molecule has 1 N–H and O–H groups in total. The summed E-state index contributed by atoms with van der Waals surface area (Å²) in [6.07, 6.45) is 2.65. The van der Waals surface area contributed by atoms with Crippen LogP contribution in [0.15, 0.2) is 5.38 Å². The zero-order valence-corrected chi connectivity index (χ0v) is 13.5. The van der Waals surface area contributed by atoms with Crippen molar-refractivity contribution in [3.8, 4) is 0 Å². The Balaban J connectivity index is 1.93. The van der Waals surface area contributed by atoms with Gasteiger partial charge in [0.15, 0.2) is 0 Å². The van der Waals surface area contributed by atoms with Crippen molar-refractivity contribution in [2.45, 2.75) is 58.2 Å². The predicted octanol–water partition coefficient (Wildman–Crippen LogP) is 1.86. The van der Waals surface area contributed by atoms with E-state index in [9.17, 15) is 9.59 Å². The van der Waals surface area contributed by atoms with Crippen LogP contribution in [0.4, 0.5) is 0 Å². The minimum atomic E-state index is -0.722. The van der Waals surface area contributed by atoms with Gasteiger partial charge in [-0.05, 0) is 39.0 Å². The lowest BCUT2D eigenvalue weighted by Crippen LogP contribution is -2.70. The topological polar surface area (TPSA) is 62.3 Å². The monoisotopic (exact) mass is 307 g/mol. The first kappa shape index (κ1) is 14.5. The number of rotatable bonds is 4. The van der Waals surface area contributed by atoms with Crippen LogP contribution in [0.5, 0.6) is 0 Å². The summed E-state index contributed by atoms with van der Waals surface area (Å²) < 4.78 is 0. The van der Waals surface area contributed by atoms with Crippen molar-refractivity contribution in [3.05, 3.63) is 16.1 Å². The van der Waals surface area contributed by atoms with Gasteiger partial charge in [-0.2, -0.15) is 0 Å². The van der Waals surface area contributed by atoms with Gasteiger partial charge in [-0.15, -0.1) is 11.3 Å². The number of nitrogens with zero attached hydrogens (tertiary/aromatic N) is 2. The highest BCUT2D eigenvalue weighted by molar-refractivity contribution is 7.09. The molecular formula is C15H21N3O2S. The van der Waals surface area contributed by atoms with E-state index in [2.05, 4.69) is 10.3 Å². The Bertz CT molecular complexity index is 581. The molecule has 5 nitrogen and oxygen atoms in total. The smallest absolute Gasteiger partial charge is 0.246 e. The van der Waals surface area contributed by atoms with Gasteiger partial charge in [-0.25, -0.2) is 4.98 Å². The Morgan fingerprint density at radius 3 is 2.71 bits per heavy atom. The molecule has 6 heteroatoms. The Kier molecular flexibility index (Phi) is 3.51. The lowest BCUT2D eigenvalue weighted by atomic mass is 9.87. The van der Waals surface area contributed by atoms with Crippen molar-refractivity contribution < 1.29 is 9.59 Å². The van der Waals surface area contributed by atoms with Crippen LogP contribution in [0.1, 0.15) is 43.8 Å². The van der Waals surface area contributed by atoms with Gasteiger partial charge >= 0.3 is 0 Å². The zero-order chi connectivity index (χ0) is 15.2. The molecule has 2 heterocycles. The number of thiazole rings is 1. The summed E-state index contributed by atoms with van der Waals surface area (Å²) in [4.78, 5) is 31.6. The van der Waals surface area contributed by atoms with Gasteiger partial charge in [0.1, 0.15) is 11.6 Å². The minimum Gasteiger partial charge on any atom is -0.342 e. The Morgan fingerprint density at radius 1 is 1.48 bits per heavy atom. The largest absolute Gasteiger partial charge is 0.342 e. The fraction of sp³-hybridized carbons (Fsp3) is 0.667. The van der Waals surface area contributed by atoms with Gasteiger partial charge in [0.25, 0.3) is 0 Å². The number of amides is 2. The first-order valence-electron chi connectivity index (χ1n) is 7.50. The number of piperazine rings is 1. The minimum absolute atomic E-state index is 0.0107. The molecule has 1 aliphatic heterocycles. The third-order valence-corrected chi connectivity index (χ3v) is 5.48. The van der Waals surface area contributed by atoms with E-state index in [-0.39, 0.29) is 17.7 Å². The van der Waals surface area contributed by atoms with Gasteiger partial charge in [0, 0.05) is 5.38 Å². The highest BCUT2D eigenvalue weighted by Crippen LogP contribution is 2.45. The van der Waals surface area contributed by atoms with Crippen molar-refractivity contribution >= 4 is 23.2 Å². The van der Waals surface area contributed by atoms with Gasteiger partial charge < -0.3 is 10.2 Å². The second-order valence-electron chi connectivity index (χ2n) is 6.14. The maximum absolute atomic E-state index is 12.7. The number of aromatic nitrogens is 1. The summed E-state index contributed by atoms with van der Waals surface area (Å²) in [5, 5.41) is 5.86. The normalized spacial score (nSPS) is 29.7. The third-order valence-electron chi connectivity index (χ3n) is 4.66. The standard InChI is InChI=1S/C15H21N3O2S/c1-4-12-13(19)18(7-11-8-21-9(2)16-11)15(3,10-5-6-10)14(20)17-12/h8,10,12H,4-7H2,1-3H3,(H,17,20). The van der Waals surface area contributed by atoms with Crippen LogP contribution in [-0.2, 0) is 16.1 Å². The number of hydrogen-bond acceptors (Lipinski definition) is 4. The number of nitrogens with one attached hydrogen (secondary N) is 1. The van der Waals surface area contributed by atoms with Crippen molar-refractivity contribution in [1.29, 1.82) is 0 Å². The van der Waals surface area contributed by atoms with E-state index < -0.39 is 11.6 Å². The van der Waals surface area contributed by atoms with Gasteiger partial charge in [-0.3, -0.25) is 9.59 Å². The fourth-order valence-electron chi connectivity index (χ4n) is 3.12. The molecule has 1 saturated carbocycles. The maximum atomic E-state index is 12.7. The molecule has 21 heavy (non-hydrogen) atoms. The van der Waals surface area contributed by atoms with E-state index in [0.29, 0.717) is 13.0 Å². The van der Waals surface area contributed by atoms with Crippen LogP contribution in [0.25, 0.3) is 0 Å². The Morgan fingerprint density at radius 2 is 2.19 bits per heavy atom.